The molecule has 0 aliphatic carbocycles. The second kappa shape index (κ2) is 6.65. The summed E-state index contributed by atoms with van der Waals surface area (Å²) in [5.74, 6) is 0.408. The number of hydrogen-bond acceptors (Lipinski definition) is 8. The molecule has 26 heavy (non-hydrogen) atoms. The highest BCUT2D eigenvalue weighted by Gasteiger charge is 2.34. The van der Waals surface area contributed by atoms with Gasteiger partial charge in [0, 0.05) is 12.3 Å². The molecule has 9 heteroatoms. The summed E-state index contributed by atoms with van der Waals surface area (Å²) < 4.78 is 5.67. The fraction of sp³-hybridized carbons (Fsp3) is 0.235. The molecule has 7 nitrogen and oxygen atoms in total. The number of rotatable bonds is 5. The van der Waals surface area contributed by atoms with Crippen molar-refractivity contribution < 1.29 is 14.0 Å². The van der Waals surface area contributed by atoms with Crippen molar-refractivity contribution in [2.45, 2.75) is 19.1 Å². The molecule has 0 N–H and O–H groups in total. The molecule has 0 bridgehead atoms. The topological polar surface area (TPSA) is 89.2 Å². The van der Waals surface area contributed by atoms with Crippen LogP contribution in [0.2, 0.25) is 0 Å². The number of thioether (sulfide) groups is 1. The maximum absolute atomic E-state index is 12.3. The van der Waals surface area contributed by atoms with E-state index in [2.05, 4.69) is 15.2 Å². The van der Waals surface area contributed by atoms with Crippen LogP contribution >= 0.6 is 23.1 Å². The van der Waals surface area contributed by atoms with Crippen LogP contribution in [0, 0.1) is 13.8 Å². The SMILES string of the molecule is Cc1nc(C)c(-c2nnc(SCCN3C(=O)c4ccccc4C3=O)o2)s1. The lowest BCUT2D eigenvalue weighted by atomic mass is 10.1. The molecule has 0 spiro atoms. The van der Waals surface area contributed by atoms with Gasteiger partial charge in [-0.3, -0.25) is 14.5 Å². The maximum atomic E-state index is 12.3. The molecule has 132 valence electrons. The summed E-state index contributed by atoms with van der Waals surface area (Å²) in [5, 5.41) is 9.43. The summed E-state index contributed by atoms with van der Waals surface area (Å²) in [6, 6.07) is 6.86. The quantitative estimate of drug-likeness (QED) is 0.491. The standard InChI is InChI=1S/C17H14N4O3S2/c1-9-13(26-10(2)18-9)14-19-20-17(24-14)25-8-7-21-15(22)11-5-3-4-6-12(11)16(21)23/h3-6H,7-8H2,1-2H3. The summed E-state index contributed by atoms with van der Waals surface area (Å²) in [7, 11) is 0. The molecule has 0 saturated heterocycles. The molecule has 1 aliphatic rings. The zero-order valence-electron chi connectivity index (χ0n) is 14.1. The van der Waals surface area contributed by atoms with Gasteiger partial charge in [0.15, 0.2) is 0 Å². The highest BCUT2D eigenvalue weighted by atomic mass is 32.2. The number of aryl methyl sites for hydroxylation is 2. The van der Waals surface area contributed by atoms with Gasteiger partial charge in [-0.05, 0) is 26.0 Å². The zero-order valence-corrected chi connectivity index (χ0v) is 15.7. The molecular weight excluding hydrogens is 372 g/mol. The Bertz CT molecular complexity index is 976. The molecular formula is C17H14N4O3S2. The number of benzene rings is 1. The number of imide groups is 1. The Hall–Kier alpha value is -2.52. The lowest BCUT2D eigenvalue weighted by Gasteiger charge is -2.12. The average Bonchev–Trinajstić information content (AvgIpc) is 3.29. The molecule has 1 aliphatic heterocycles. The number of fused-ring (bicyclic) bond motifs is 1. The zero-order chi connectivity index (χ0) is 18.3. The van der Waals surface area contributed by atoms with Crippen molar-refractivity contribution in [2.75, 3.05) is 12.3 Å². The first kappa shape index (κ1) is 16.9. The first-order valence-electron chi connectivity index (χ1n) is 7.90. The number of carbonyl (C=O) groups excluding carboxylic acids is 2. The molecule has 3 aromatic rings. The van der Waals surface area contributed by atoms with E-state index in [-0.39, 0.29) is 18.4 Å². The summed E-state index contributed by atoms with van der Waals surface area (Å²) in [5.41, 5.74) is 1.77. The van der Waals surface area contributed by atoms with Gasteiger partial charge in [-0.15, -0.1) is 21.5 Å². The van der Waals surface area contributed by atoms with E-state index in [9.17, 15) is 9.59 Å². The van der Waals surface area contributed by atoms with Crippen LogP contribution in [-0.2, 0) is 0 Å². The van der Waals surface area contributed by atoms with Crippen LogP contribution in [0.5, 0.6) is 0 Å². The second-order valence-corrected chi connectivity index (χ2v) is 7.93. The number of amides is 2. The Labute approximate surface area is 157 Å². The summed E-state index contributed by atoms with van der Waals surface area (Å²) in [6.07, 6.45) is 0. The summed E-state index contributed by atoms with van der Waals surface area (Å²) >= 11 is 2.82. The third-order valence-electron chi connectivity index (χ3n) is 3.92. The first-order chi connectivity index (χ1) is 12.5. The van der Waals surface area contributed by atoms with Crippen molar-refractivity contribution >= 4 is 34.9 Å². The minimum atomic E-state index is -0.256. The van der Waals surface area contributed by atoms with Crippen molar-refractivity contribution in [2.24, 2.45) is 0 Å². The maximum Gasteiger partial charge on any atom is 0.276 e. The Morgan fingerprint density at radius 3 is 2.42 bits per heavy atom. The predicted octanol–water partition coefficient (Wildman–Crippen LogP) is 3.20. The van der Waals surface area contributed by atoms with E-state index in [0.717, 1.165) is 15.6 Å². The minimum absolute atomic E-state index is 0.256. The van der Waals surface area contributed by atoms with Crippen molar-refractivity contribution in [1.29, 1.82) is 0 Å². The number of hydrogen-bond donors (Lipinski definition) is 0. The van der Waals surface area contributed by atoms with E-state index in [1.165, 1.54) is 28.0 Å². The van der Waals surface area contributed by atoms with Gasteiger partial charge in [-0.2, -0.15) is 0 Å². The van der Waals surface area contributed by atoms with E-state index in [1.54, 1.807) is 24.3 Å². The van der Waals surface area contributed by atoms with Crippen molar-refractivity contribution in [1.82, 2.24) is 20.1 Å². The van der Waals surface area contributed by atoms with Crippen LogP contribution in [0.25, 0.3) is 10.8 Å². The Kier molecular flexibility index (Phi) is 4.33. The first-order valence-corrected chi connectivity index (χ1v) is 9.70. The van der Waals surface area contributed by atoms with Gasteiger partial charge in [0.05, 0.1) is 21.8 Å². The molecule has 0 unspecified atom stereocenters. The smallest absolute Gasteiger partial charge is 0.276 e. The molecule has 0 saturated carbocycles. The molecule has 0 radical (unpaired) electrons. The number of aromatic nitrogens is 3. The normalized spacial score (nSPS) is 13.5. The van der Waals surface area contributed by atoms with Gasteiger partial charge in [0.1, 0.15) is 4.88 Å². The van der Waals surface area contributed by atoms with Crippen LogP contribution in [0.4, 0.5) is 0 Å². The minimum Gasteiger partial charge on any atom is -0.410 e. The van der Waals surface area contributed by atoms with E-state index >= 15 is 0 Å². The van der Waals surface area contributed by atoms with Crippen LogP contribution in [-0.4, -0.2) is 44.2 Å². The van der Waals surface area contributed by atoms with Crippen molar-refractivity contribution in [3.8, 4) is 10.8 Å². The van der Waals surface area contributed by atoms with E-state index in [0.29, 0.717) is 28.0 Å². The fourth-order valence-electron chi connectivity index (χ4n) is 2.76. The van der Waals surface area contributed by atoms with Gasteiger partial charge in [0.2, 0.25) is 0 Å². The van der Waals surface area contributed by atoms with Gasteiger partial charge in [-0.25, -0.2) is 4.98 Å². The molecule has 2 aromatic heterocycles. The van der Waals surface area contributed by atoms with Crippen molar-refractivity contribution in [3.05, 3.63) is 46.1 Å². The Morgan fingerprint density at radius 1 is 1.12 bits per heavy atom. The lowest BCUT2D eigenvalue weighted by molar-refractivity contribution is 0.0664. The fourth-order valence-corrected chi connectivity index (χ4v) is 4.28. The molecule has 2 amide bonds. The van der Waals surface area contributed by atoms with Crippen LogP contribution in [0.15, 0.2) is 33.9 Å². The van der Waals surface area contributed by atoms with E-state index in [1.807, 2.05) is 13.8 Å². The summed E-state index contributed by atoms with van der Waals surface area (Å²) in [4.78, 5) is 31.1. The van der Waals surface area contributed by atoms with E-state index < -0.39 is 0 Å². The second-order valence-electron chi connectivity index (χ2n) is 5.68. The molecule has 3 heterocycles. The van der Waals surface area contributed by atoms with Gasteiger partial charge < -0.3 is 4.42 Å². The third-order valence-corrected chi connectivity index (χ3v) is 5.78. The highest BCUT2D eigenvalue weighted by Crippen LogP contribution is 2.30. The number of nitrogens with zero attached hydrogens (tertiary/aromatic N) is 4. The third kappa shape index (κ3) is 2.93. The lowest BCUT2D eigenvalue weighted by Crippen LogP contribution is -2.31. The predicted molar refractivity (Wildman–Crippen MR) is 97.4 cm³/mol. The average molecular weight is 386 g/mol. The van der Waals surface area contributed by atoms with Gasteiger partial charge in [-0.1, -0.05) is 23.9 Å². The Morgan fingerprint density at radius 2 is 1.81 bits per heavy atom. The largest absolute Gasteiger partial charge is 0.410 e. The monoisotopic (exact) mass is 386 g/mol. The number of thiazole rings is 1. The Balaban J connectivity index is 1.40. The molecule has 1 aromatic carbocycles. The molecule has 0 fully saturated rings. The van der Waals surface area contributed by atoms with Crippen LogP contribution < -0.4 is 0 Å². The van der Waals surface area contributed by atoms with Crippen LogP contribution in [0.3, 0.4) is 0 Å². The number of carbonyl (C=O) groups is 2. The van der Waals surface area contributed by atoms with Crippen molar-refractivity contribution in [3.63, 3.8) is 0 Å². The summed E-state index contributed by atoms with van der Waals surface area (Å²) in [6.45, 7) is 4.11. The van der Waals surface area contributed by atoms with Gasteiger partial charge in [0.25, 0.3) is 22.9 Å². The van der Waals surface area contributed by atoms with Crippen LogP contribution in [0.1, 0.15) is 31.4 Å². The highest BCUT2D eigenvalue weighted by molar-refractivity contribution is 7.99. The van der Waals surface area contributed by atoms with Gasteiger partial charge >= 0.3 is 0 Å². The molecule has 4 rings (SSSR count). The van der Waals surface area contributed by atoms with E-state index in [4.69, 9.17) is 4.42 Å². The molecule has 0 atom stereocenters.